The second-order valence-corrected chi connectivity index (χ2v) is 4.34. The van der Waals surface area contributed by atoms with Crippen molar-refractivity contribution >= 4 is 0 Å². The minimum Gasteiger partial charge on any atom is -0.508 e. The molecule has 0 amide bonds. The first-order valence-corrected chi connectivity index (χ1v) is 4.98. The highest BCUT2D eigenvalue weighted by atomic mass is 16.3. The summed E-state index contributed by atoms with van der Waals surface area (Å²) in [5.41, 5.74) is 0.533. The minimum atomic E-state index is -0.586. The van der Waals surface area contributed by atoms with E-state index in [2.05, 4.69) is 0 Å². The van der Waals surface area contributed by atoms with Gasteiger partial charge >= 0.3 is 0 Å². The van der Waals surface area contributed by atoms with Gasteiger partial charge in [0.15, 0.2) is 0 Å². The molecule has 0 unspecified atom stereocenters. The van der Waals surface area contributed by atoms with Crippen LogP contribution in [-0.2, 0) is 6.42 Å². The van der Waals surface area contributed by atoms with E-state index in [0.717, 1.165) is 24.8 Å². The molecule has 0 aromatic heterocycles. The quantitative estimate of drug-likeness (QED) is 0.773. The van der Waals surface area contributed by atoms with Gasteiger partial charge in [0.2, 0.25) is 0 Å². The van der Waals surface area contributed by atoms with Gasteiger partial charge in [-0.3, -0.25) is 0 Å². The van der Waals surface area contributed by atoms with Gasteiger partial charge in [0.25, 0.3) is 0 Å². The number of rotatable bonds is 4. The van der Waals surface area contributed by atoms with Gasteiger partial charge in [-0.25, -0.2) is 0 Å². The van der Waals surface area contributed by atoms with E-state index in [0.29, 0.717) is 5.75 Å². The first-order valence-electron chi connectivity index (χ1n) is 4.98. The first kappa shape index (κ1) is 11.1. The number of aliphatic hydroxyl groups is 1. The van der Waals surface area contributed by atoms with Gasteiger partial charge in [-0.2, -0.15) is 0 Å². The van der Waals surface area contributed by atoms with Crippen molar-refractivity contribution in [1.29, 1.82) is 0 Å². The van der Waals surface area contributed by atoms with Crippen LogP contribution in [0, 0.1) is 0 Å². The molecular weight excluding hydrogens is 176 g/mol. The van der Waals surface area contributed by atoms with E-state index < -0.39 is 5.60 Å². The summed E-state index contributed by atoms with van der Waals surface area (Å²) in [6.07, 6.45) is 2.62. The van der Waals surface area contributed by atoms with Crippen LogP contribution in [0.5, 0.6) is 5.75 Å². The Morgan fingerprint density at radius 1 is 1.29 bits per heavy atom. The highest BCUT2D eigenvalue weighted by molar-refractivity contribution is 5.27. The lowest BCUT2D eigenvalue weighted by molar-refractivity contribution is 0.0689. The van der Waals surface area contributed by atoms with Crippen LogP contribution in [0.4, 0.5) is 0 Å². The summed E-state index contributed by atoms with van der Waals surface area (Å²) in [4.78, 5) is 0. The smallest absolute Gasteiger partial charge is 0.115 e. The zero-order chi connectivity index (χ0) is 10.6. The largest absolute Gasteiger partial charge is 0.508 e. The molecule has 0 heterocycles. The van der Waals surface area contributed by atoms with Crippen LogP contribution in [0.1, 0.15) is 32.3 Å². The van der Waals surface area contributed by atoms with Crippen molar-refractivity contribution in [2.45, 2.75) is 38.7 Å². The van der Waals surface area contributed by atoms with Gasteiger partial charge in [0, 0.05) is 0 Å². The van der Waals surface area contributed by atoms with Crippen molar-refractivity contribution < 1.29 is 10.2 Å². The summed E-state index contributed by atoms with van der Waals surface area (Å²) in [7, 11) is 0. The molecule has 0 bridgehead atoms. The van der Waals surface area contributed by atoms with Gasteiger partial charge in [0.05, 0.1) is 5.60 Å². The zero-order valence-corrected chi connectivity index (χ0v) is 8.83. The summed E-state index contributed by atoms with van der Waals surface area (Å²) in [6, 6.07) is 7.27. The molecule has 0 radical (unpaired) electrons. The number of aryl methyl sites for hydroxylation is 1. The van der Waals surface area contributed by atoms with Crippen molar-refractivity contribution in [3.63, 3.8) is 0 Å². The Bertz CT molecular complexity index is 287. The molecule has 14 heavy (non-hydrogen) atoms. The Hall–Kier alpha value is -1.02. The Morgan fingerprint density at radius 3 is 2.57 bits per heavy atom. The molecule has 2 N–H and O–H groups in total. The van der Waals surface area contributed by atoms with Gasteiger partial charge in [-0.05, 0) is 50.8 Å². The third kappa shape index (κ3) is 4.28. The third-order valence-electron chi connectivity index (χ3n) is 2.16. The standard InChI is InChI=1S/C12H18O2/c1-12(2,14)8-4-6-10-5-3-7-11(13)9-10/h3,5,7,9,13-14H,4,6,8H2,1-2H3. The maximum Gasteiger partial charge on any atom is 0.115 e. The first-order chi connectivity index (χ1) is 6.47. The van der Waals surface area contributed by atoms with Crippen molar-refractivity contribution in [3.8, 4) is 5.75 Å². The number of benzene rings is 1. The molecule has 2 nitrogen and oxygen atoms in total. The highest BCUT2D eigenvalue weighted by Gasteiger charge is 2.11. The normalized spacial score (nSPS) is 11.6. The van der Waals surface area contributed by atoms with E-state index in [1.807, 2.05) is 26.0 Å². The summed E-state index contributed by atoms with van der Waals surface area (Å²) < 4.78 is 0. The molecule has 0 aliphatic carbocycles. The molecule has 2 heteroatoms. The van der Waals surface area contributed by atoms with Crippen LogP contribution in [0.2, 0.25) is 0 Å². The van der Waals surface area contributed by atoms with E-state index in [4.69, 9.17) is 0 Å². The molecular formula is C12H18O2. The average molecular weight is 194 g/mol. The average Bonchev–Trinajstić information content (AvgIpc) is 2.01. The molecule has 0 aliphatic rings. The maximum absolute atomic E-state index is 9.50. The van der Waals surface area contributed by atoms with E-state index >= 15 is 0 Å². The summed E-state index contributed by atoms with van der Waals surface area (Å²) in [5.74, 6) is 0.311. The molecule has 0 atom stereocenters. The van der Waals surface area contributed by atoms with E-state index in [9.17, 15) is 10.2 Å². The molecule has 78 valence electrons. The van der Waals surface area contributed by atoms with Crippen molar-refractivity contribution in [3.05, 3.63) is 29.8 Å². The summed E-state index contributed by atoms with van der Waals surface area (Å²) in [6.45, 7) is 3.63. The van der Waals surface area contributed by atoms with Crippen LogP contribution < -0.4 is 0 Å². The predicted octanol–water partition coefficient (Wildman–Crippen LogP) is 2.49. The van der Waals surface area contributed by atoms with Crippen LogP contribution in [0.15, 0.2) is 24.3 Å². The van der Waals surface area contributed by atoms with Gasteiger partial charge < -0.3 is 10.2 Å². The summed E-state index contributed by atoms with van der Waals surface area (Å²) >= 11 is 0. The van der Waals surface area contributed by atoms with E-state index in [1.54, 1.807) is 12.1 Å². The molecule has 1 rings (SSSR count). The molecule has 1 aromatic rings. The van der Waals surface area contributed by atoms with Crippen molar-refractivity contribution in [1.82, 2.24) is 0 Å². The van der Waals surface area contributed by atoms with Crippen molar-refractivity contribution in [2.24, 2.45) is 0 Å². The maximum atomic E-state index is 9.50. The van der Waals surface area contributed by atoms with Gasteiger partial charge in [-0.1, -0.05) is 12.1 Å². The fourth-order valence-corrected chi connectivity index (χ4v) is 1.44. The topological polar surface area (TPSA) is 40.5 Å². The fourth-order valence-electron chi connectivity index (χ4n) is 1.44. The lowest BCUT2D eigenvalue weighted by Gasteiger charge is -2.16. The van der Waals surface area contributed by atoms with Gasteiger partial charge in [0.1, 0.15) is 5.75 Å². The van der Waals surface area contributed by atoms with Crippen LogP contribution >= 0.6 is 0 Å². The Balaban J connectivity index is 2.39. The Kier molecular flexibility index (Phi) is 3.53. The van der Waals surface area contributed by atoms with Crippen LogP contribution in [0.3, 0.4) is 0 Å². The molecule has 0 spiro atoms. The molecule has 0 fully saturated rings. The number of aromatic hydroxyl groups is 1. The summed E-state index contributed by atoms with van der Waals surface area (Å²) in [5, 5.41) is 18.7. The number of hydrogen-bond acceptors (Lipinski definition) is 2. The SMILES string of the molecule is CC(C)(O)CCCc1cccc(O)c1. The zero-order valence-electron chi connectivity index (χ0n) is 8.83. The highest BCUT2D eigenvalue weighted by Crippen LogP contribution is 2.16. The Labute approximate surface area is 85.2 Å². The lowest BCUT2D eigenvalue weighted by atomic mass is 9.99. The second kappa shape index (κ2) is 4.47. The number of hydrogen-bond donors (Lipinski definition) is 2. The van der Waals surface area contributed by atoms with Crippen molar-refractivity contribution in [2.75, 3.05) is 0 Å². The minimum absolute atomic E-state index is 0.311. The third-order valence-corrected chi connectivity index (χ3v) is 2.16. The molecule has 0 saturated carbocycles. The van der Waals surface area contributed by atoms with Crippen LogP contribution in [0.25, 0.3) is 0 Å². The molecule has 0 aliphatic heterocycles. The molecule has 0 saturated heterocycles. The van der Waals surface area contributed by atoms with E-state index in [1.165, 1.54) is 0 Å². The second-order valence-electron chi connectivity index (χ2n) is 4.34. The number of phenolic OH excluding ortho intramolecular Hbond substituents is 1. The Morgan fingerprint density at radius 2 is 2.00 bits per heavy atom. The van der Waals surface area contributed by atoms with Crippen LogP contribution in [-0.4, -0.2) is 15.8 Å². The monoisotopic (exact) mass is 194 g/mol. The number of phenols is 1. The molecule has 1 aromatic carbocycles. The van der Waals surface area contributed by atoms with E-state index in [-0.39, 0.29) is 0 Å². The van der Waals surface area contributed by atoms with Gasteiger partial charge in [-0.15, -0.1) is 0 Å². The fraction of sp³-hybridized carbons (Fsp3) is 0.500. The lowest BCUT2D eigenvalue weighted by Crippen LogP contribution is -2.18. The predicted molar refractivity (Wildman–Crippen MR) is 57.3 cm³/mol.